The van der Waals surface area contributed by atoms with Gasteiger partial charge in [0.05, 0.1) is 18.7 Å². The van der Waals surface area contributed by atoms with Gasteiger partial charge in [0, 0.05) is 49.3 Å². The van der Waals surface area contributed by atoms with Gasteiger partial charge >= 0.3 is 0 Å². The summed E-state index contributed by atoms with van der Waals surface area (Å²) in [7, 11) is 3.30. The fraction of sp³-hybridized carbons (Fsp3) is 0.385. The van der Waals surface area contributed by atoms with Crippen LogP contribution in [-0.2, 0) is 16.8 Å². The highest BCUT2D eigenvalue weighted by Crippen LogP contribution is 2.40. The number of carbonyl (C=O) groups is 3. The van der Waals surface area contributed by atoms with E-state index in [1.807, 2.05) is 32.9 Å². The molecule has 0 spiro atoms. The fourth-order valence-corrected chi connectivity index (χ4v) is 4.69. The highest BCUT2D eigenvalue weighted by Gasteiger charge is 2.36. The molecule has 2 aromatic carbocycles. The minimum absolute atomic E-state index is 0.0424. The molecule has 2 N–H and O–H groups in total. The monoisotopic (exact) mass is 462 g/mol. The number of rotatable bonds is 6. The number of hydrogen-bond acceptors (Lipinski definition) is 5. The van der Waals surface area contributed by atoms with Crippen LogP contribution in [0.3, 0.4) is 0 Å². The molecule has 8 nitrogen and oxygen atoms in total. The quantitative estimate of drug-likeness (QED) is 0.642. The average molecular weight is 463 g/mol. The second-order valence-electron chi connectivity index (χ2n) is 9.39. The summed E-state index contributed by atoms with van der Waals surface area (Å²) in [6.07, 6.45) is 0.385. The smallest absolute Gasteiger partial charge is 0.254 e. The molecular formula is C26H30N4O4. The highest BCUT2D eigenvalue weighted by atomic mass is 16.5. The maximum atomic E-state index is 13.2. The maximum Gasteiger partial charge on any atom is 0.254 e. The normalized spacial score (nSPS) is 16.3. The molecule has 8 heteroatoms. The molecule has 0 atom stereocenters. The summed E-state index contributed by atoms with van der Waals surface area (Å²) >= 11 is 0. The Kier molecular flexibility index (Phi) is 5.93. The van der Waals surface area contributed by atoms with Crippen molar-refractivity contribution in [2.45, 2.75) is 39.2 Å². The van der Waals surface area contributed by atoms with Gasteiger partial charge in [-0.05, 0) is 48.4 Å². The number of benzene rings is 2. The van der Waals surface area contributed by atoms with Crippen molar-refractivity contribution >= 4 is 29.1 Å². The number of fused-ring (bicyclic) bond motifs is 2. The molecule has 0 aromatic heterocycles. The topological polar surface area (TPSA) is 103 Å². The molecular weight excluding hydrogens is 432 g/mol. The summed E-state index contributed by atoms with van der Waals surface area (Å²) in [5.74, 6) is 0.348. The largest absolute Gasteiger partial charge is 0.493 e. The van der Waals surface area contributed by atoms with Crippen molar-refractivity contribution in [1.29, 1.82) is 5.41 Å². The van der Waals surface area contributed by atoms with E-state index < -0.39 is 0 Å². The Labute approximate surface area is 199 Å². The first-order valence-electron chi connectivity index (χ1n) is 11.4. The zero-order valence-corrected chi connectivity index (χ0v) is 20.2. The standard InChI is InChI=1S/C26H30N4O4/c1-6-34-22-10-16-13-30(24(27)17(16)11-18(22)25(33)28-4)14-21(31)15-7-8-20-19(9-15)26(2,3)12-23(32)29(20)5/h7-11,27H,6,12-14H2,1-5H3,(H,28,33). The minimum Gasteiger partial charge on any atom is -0.493 e. The first-order chi connectivity index (χ1) is 16.1. The van der Waals surface area contributed by atoms with Gasteiger partial charge in [-0.3, -0.25) is 19.8 Å². The van der Waals surface area contributed by atoms with Crippen molar-refractivity contribution < 1.29 is 19.1 Å². The number of carbonyl (C=O) groups excluding carboxylic acids is 3. The van der Waals surface area contributed by atoms with Crippen LogP contribution < -0.4 is 15.0 Å². The molecule has 2 amide bonds. The van der Waals surface area contributed by atoms with Crippen LogP contribution in [0.5, 0.6) is 5.75 Å². The van der Waals surface area contributed by atoms with E-state index in [2.05, 4.69) is 5.32 Å². The number of amides is 2. The summed E-state index contributed by atoms with van der Waals surface area (Å²) in [5.41, 5.74) is 3.83. The molecule has 178 valence electrons. The Hall–Kier alpha value is -3.68. The summed E-state index contributed by atoms with van der Waals surface area (Å²) in [6.45, 7) is 6.72. The van der Waals surface area contributed by atoms with Crippen molar-refractivity contribution in [3.8, 4) is 5.75 Å². The third kappa shape index (κ3) is 3.93. The van der Waals surface area contributed by atoms with Crippen LogP contribution >= 0.6 is 0 Å². The lowest BCUT2D eigenvalue weighted by molar-refractivity contribution is -0.119. The molecule has 2 aliphatic rings. The Morgan fingerprint density at radius 1 is 1.21 bits per heavy atom. The maximum absolute atomic E-state index is 13.2. The second-order valence-corrected chi connectivity index (χ2v) is 9.39. The second kappa shape index (κ2) is 8.59. The van der Waals surface area contributed by atoms with E-state index in [4.69, 9.17) is 10.1 Å². The number of Topliss-reactive ketones (excluding diaryl/α,β-unsaturated/α-hetero) is 1. The Balaban J connectivity index is 1.59. The molecule has 4 rings (SSSR count). The van der Waals surface area contributed by atoms with E-state index >= 15 is 0 Å². The number of nitrogens with one attached hydrogen (secondary N) is 2. The number of nitrogens with zero attached hydrogens (tertiary/aromatic N) is 2. The summed E-state index contributed by atoms with van der Waals surface area (Å²) < 4.78 is 5.65. The molecule has 2 heterocycles. The fourth-order valence-electron chi connectivity index (χ4n) is 4.69. The van der Waals surface area contributed by atoms with Crippen molar-refractivity contribution in [3.63, 3.8) is 0 Å². The third-order valence-electron chi connectivity index (χ3n) is 6.62. The van der Waals surface area contributed by atoms with Crippen molar-refractivity contribution in [2.24, 2.45) is 0 Å². The first kappa shape index (κ1) is 23.5. The van der Waals surface area contributed by atoms with E-state index in [1.165, 1.54) is 0 Å². The summed E-state index contributed by atoms with van der Waals surface area (Å²) in [5, 5.41) is 11.2. The predicted octanol–water partition coefficient (Wildman–Crippen LogP) is 3.11. The van der Waals surface area contributed by atoms with E-state index in [-0.39, 0.29) is 35.4 Å². The lowest BCUT2D eigenvalue weighted by atomic mass is 9.76. The molecule has 0 fully saturated rings. The SMILES string of the molecule is CCOc1cc2c(cc1C(=O)NC)C(=N)N(CC(=O)c1ccc3c(c1)C(C)(C)CC(=O)N3C)C2. The van der Waals surface area contributed by atoms with Gasteiger partial charge in [0.2, 0.25) is 5.91 Å². The molecule has 34 heavy (non-hydrogen) atoms. The van der Waals surface area contributed by atoms with E-state index in [0.717, 1.165) is 16.8 Å². The van der Waals surface area contributed by atoms with Crippen LogP contribution in [-0.4, -0.2) is 55.6 Å². The van der Waals surface area contributed by atoms with Crippen LogP contribution in [0.2, 0.25) is 0 Å². The van der Waals surface area contributed by atoms with Crippen LogP contribution in [0.1, 0.15) is 64.6 Å². The van der Waals surface area contributed by atoms with E-state index in [0.29, 0.717) is 42.0 Å². The van der Waals surface area contributed by atoms with E-state index in [9.17, 15) is 14.4 Å². The summed E-state index contributed by atoms with van der Waals surface area (Å²) in [4.78, 5) is 41.2. The molecule has 2 aliphatic heterocycles. The zero-order valence-electron chi connectivity index (χ0n) is 20.2. The van der Waals surface area contributed by atoms with Crippen LogP contribution in [0, 0.1) is 5.41 Å². The number of ketones is 1. The number of amidine groups is 1. The Morgan fingerprint density at radius 3 is 2.62 bits per heavy atom. The zero-order chi connectivity index (χ0) is 24.8. The number of ether oxygens (including phenoxy) is 1. The van der Waals surface area contributed by atoms with Gasteiger partial charge in [0.25, 0.3) is 5.91 Å². The van der Waals surface area contributed by atoms with Gasteiger partial charge in [-0.25, -0.2) is 0 Å². The molecule has 0 radical (unpaired) electrons. The van der Waals surface area contributed by atoms with Crippen LogP contribution in [0.25, 0.3) is 0 Å². The van der Waals surface area contributed by atoms with Gasteiger partial charge in [-0.2, -0.15) is 0 Å². The average Bonchev–Trinajstić information content (AvgIpc) is 3.10. The van der Waals surface area contributed by atoms with Gasteiger partial charge < -0.3 is 19.9 Å². The lowest BCUT2D eigenvalue weighted by Gasteiger charge is -2.37. The van der Waals surface area contributed by atoms with Crippen LogP contribution in [0.15, 0.2) is 30.3 Å². The molecule has 0 saturated heterocycles. The van der Waals surface area contributed by atoms with Crippen molar-refractivity contribution in [1.82, 2.24) is 10.2 Å². The Morgan fingerprint density at radius 2 is 1.94 bits per heavy atom. The first-order valence-corrected chi connectivity index (χ1v) is 11.4. The van der Waals surface area contributed by atoms with Crippen molar-refractivity contribution in [2.75, 3.05) is 32.1 Å². The molecule has 0 aliphatic carbocycles. The predicted molar refractivity (Wildman–Crippen MR) is 130 cm³/mol. The van der Waals surface area contributed by atoms with Gasteiger partial charge in [-0.15, -0.1) is 0 Å². The number of anilines is 1. The number of hydrogen-bond donors (Lipinski definition) is 2. The van der Waals surface area contributed by atoms with Gasteiger partial charge in [-0.1, -0.05) is 13.8 Å². The molecule has 0 saturated carbocycles. The minimum atomic E-state index is -0.363. The highest BCUT2D eigenvalue weighted by molar-refractivity contribution is 6.08. The Bertz CT molecular complexity index is 1220. The van der Waals surface area contributed by atoms with Crippen molar-refractivity contribution in [3.05, 3.63) is 58.1 Å². The summed E-state index contributed by atoms with van der Waals surface area (Å²) in [6, 6.07) is 8.91. The third-order valence-corrected chi connectivity index (χ3v) is 6.62. The molecule has 2 aromatic rings. The lowest BCUT2D eigenvalue weighted by Crippen LogP contribution is -2.39. The van der Waals surface area contributed by atoms with Gasteiger partial charge in [0.1, 0.15) is 11.6 Å². The van der Waals surface area contributed by atoms with Gasteiger partial charge in [0.15, 0.2) is 5.78 Å². The molecule has 0 unspecified atom stereocenters. The van der Waals surface area contributed by atoms with Crippen LogP contribution in [0.4, 0.5) is 5.69 Å². The molecule has 0 bridgehead atoms. The van der Waals surface area contributed by atoms with E-state index in [1.54, 1.807) is 42.1 Å².